The Morgan fingerprint density at radius 2 is 1.50 bits per heavy atom. The van der Waals surface area contributed by atoms with Gasteiger partial charge in [0.05, 0.1) is 0 Å². The molecule has 4 aliphatic rings. The fourth-order valence-corrected chi connectivity index (χ4v) is 8.19. The Labute approximate surface area is 161 Å². The molecule has 9 atom stereocenters. The van der Waals surface area contributed by atoms with Gasteiger partial charge in [0, 0.05) is 46.3 Å². The minimum Gasteiger partial charge on any atom is -0.327 e. The van der Waals surface area contributed by atoms with Crippen molar-refractivity contribution in [3.05, 3.63) is 0 Å². The summed E-state index contributed by atoms with van der Waals surface area (Å²) in [5.41, 5.74) is 13.2. The second-order valence-corrected chi connectivity index (χ2v) is 10.9. The van der Waals surface area contributed by atoms with E-state index in [1.54, 1.807) is 0 Å². The van der Waals surface area contributed by atoms with Crippen molar-refractivity contribution in [1.82, 2.24) is 0 Å². The molecule has 0 radical (unpaired) electrons. The third kappa shape index (κ3) is 3.29. The number of ketones is 2. The summed E-state index contributed by atoms with van der Waals surface area (Å²) >= 11 is 1.98. The zero-order valence-corrected chi connectivity index (χ0v) is 16.8. The molecule has 9 unspecified atom stereocenters. The van der Waals surface area contributed by atoms with Crippen LogP contribution in [0.3, 0.4) is 0 Å². The summed E-state index contributed by atoms with van der Waals surface area (Å²) in [5, 5.41) is 0.855. The monoisotopic (exact) mass is 378 g/mol. The van der Waals surface area contributed by atoms with Crippen LogP contribution in [-0.4, -0.2) is 34.2 Å². The molecule has 0 aromatic heterocycles. The first-order chi connectivity index (χ1) is 12.5. The number of fused-ring (bicyclic) bond motifs is 2. The highest BCUT2D eigenvalue weighted by molar-refractivity contribution is 8.00. The number of carbonyl (C=O) groups is 2. The second kappa shape index (κ2) is 7.56. The van der Waals surface area contributed by atoms with Crippen molar-refractivity contribution in [2.45, 2.75) is 87.3 Å². The van der Waals surface area contributed by atoms with Crippen LogP contribution in [0.4, 0.5) is 0 Å². The lowest BCUT2D eigenvalue weighted by atomic mass is 9.56. The standard InChI is InChI=1S/C21H34N2O2S/c1-11-5-4-6-12(9-11)26-16-10-15(22)17-18(19(16)23)21(25)14-8-3-2-7-13(14)20(17)24/h11-19H,2-10,22-23H2,1H3. The van der Waals surface area contributed by atoms with Crippen molar-refractivity contribution in [2.75, 3.05) is 0 Å². The van der Waals surface area contributed by atoms with Gasteiger partial charge in [-0.25, -0.2) is 0 Å². The molecule has 0 aromatic rings. The van der Waals surface area contributed by atoms with Gasteiger partial charge in [0.1, 0.15) is 11.6 Å². The first kappa shape index (κ1) is 18.9. The highest BCUT2D eigenvalue weighted by Crippen LogP contribution is 2.48. The summed E-state index contributed by atoms with van der Waals surface area (Å²) in [4.78, 5) is 26.4. The number of hydrogen-bond donors (Lipinski definition) is 2. The van der Waals surface area contributed by atoms with E-state index in [4.69, 9.17) is 11.5 Å². The third-order valence-corrected chi connectivity index (χ3v) is 9.28. The average Bonchev–Trinajstić information content (AvgIpc) is 2.62. The summed E-state index contributed by atoms with van der Waals surface area (Å²) < 4.78 is 0. The highest BCUT2D eigenvalue weighted by Gasteiger charge is 2.57. The van der Waals surface area contributed by atoms with Gasteiger partial charge in [-0.15, -0.1) is 0 Å². The zero-order valence-electron chi connectivity index (χ0n) is 15.9. The number of thioether (sulfide) groups is 1. The minimum absolute atomic E-state index is 0.0702. The Bertz CT molecular complexity index is 568. The summed E-state index contributed by atoms with van der Waals surface area (Å²) in [6, 6.07) is -0.404. The molecule has 146 valence electrons. The molecule has 4 saturated carbocycles. The lowest BCUT2D eigenvalue weighted by Gasteiger charge is -2.50. The molecule has 4 nitrogen and oxygen atoms in total. The van der Waals surface area contributed by atoms with Crippen LogP contribution in [0.25, 0.3) is 0 Å². The summed E-state index contributed by atoms with van der Waals surface area (Å²) in [7, 11) is 0. The van der Waals surface area contributed by atoms with Crippen LogP contribution in [0, 0.1) is 29.6 Å². The lowest BCUT2D eigenvalue weighted by molar-refractivity contribution is -0.152. The fraction of sp³-hybridized carbons (Fsp3) is 0.905. The van der Waals surface area contributed by atoms with Gasteiger partial charge in [0.25, 0.3) is 0 Å². The Balaban J connectivity index is 1.52. The summed E-state index contributed by atoms with van der Waals surface area (Å²) in [5.74, 6) is 0.515. The van der Waals surface area contributed by atoms with Gasteiger partial charge in [-0.2, -0.15) is 11.8 Å². The van der Waals surface area contributed by atoms with E-state index in [1.807, 2.05) is 11.8 Å². The van der Waals surface area contributed by atoms with E-state index in [1.165, 1.54) is 25.7 Å². The average molecular weight is 379 g/mol. The first-order valence-electron chi connectivity index (χ1n) is 10.7. The number of Topliss-reactive ketones (excluding diaryl/α,β-unsaturated/α-hetero) is 2. The van der Waals surface area contributed by atoms with E-state index in [0.717, 1.165) is 38.0 Å². The van der Waals surface area contributed by atoms with Gasteiger partial charge >= 0.3 is 0 Å². The van der Waals surface area contributed by atoms with Crippen LogP contribution in [0.1, 0.15) is 64.7 Å². The number of hydrogen-bond acceptors (Lipinski definition) is 5. The quantitative estimate of drug-likeness (QED) is 0.771. The molecule has 0 heterocycles. The number of rotatable bonds is 2. The maximum absolute atomic E-state index is 13.3. The van der Waals surface area contributed by atoms with Gasteiger partial charge in [0.15, 0.2) is 0 Å². The lowest BCUT2D eigenvalue weighted by Crippen LogP contribution is -2.65. The SMILES string of the molecule is CC1CCCC(SC2CC(N)C3C(=O)C4CCCCC4C(=O)C3C2N)C1. The molecule has 0 spiro atoms. The van der Waals surface area contributed by atoms with Crippen LogP contribution < -0.4 is 11.5 Å². The van der Waals surface area contributed by atoms with Crippen molar-refractivity contribution in [3.63, 3.8) is 0 Å². The van der Waals surface area contributed by atoms with E-state index < -0.39 is 0 Å². The fourth-order valence-electron chi connectivity index (χ4n) is 6.27. The number of carbonyl (C=O) groups excluding carboxylic acids is 2. The van der Waals surface area contributed by atoms with E-state index >= 15 is 0 Å². The van der Waals surface area contributed by atoms with Crippen LogP contribution in [0.5, 0.6) is 0 Å². The second-order valence-electron chi connectivity index (χ2n) is 9.40. The molecule has 4 aliphatic carbocycles. The molecule has 5 heteroatoms. The molecule has 4 N–H and O–H groups in total. The molecule has 0 aromatic carbocycles. The summed E-state index contributed by atoms with van der Waals surface area (Å²) in [6.45, 7) is 2.34. The number of nitrogens with two attached hydrogens (primary N) is 2. The Hall–Kier alpha value is -0.390. The molecule has 0 saturated heterocycles. The molecular weight excluding hydrogens is 344 g/mol. The van der Waals surface area contributed by atoms with E-state index in [0.29, 0.717) is 5.25 Å². The van der Waals surface area contributed by atoms with E-state index in [9.17, 15) is 9.59 Å². The largest absolute Gasteiger partial charge is 0.327 e. The van der Waals surface area contributed by atoms with Crippen LogP contribution in [0.15, 0.2) is 0 Å². The van der Waals surface area contributed by atoms with Crippen molar-refractivity contribution in [2.24, 2.45) is 41.1 Å². The first-order valence-corrected chi connectivity index (χ1v) is 11.7. The van der Waals surface area contributed by atoms with Crippen LogP contribution in [-0.2, 0) is 9.59 Å². The molecular formula is C21H34N2O2S. The maximum Gasteiger partial charge on any atom is 0.142 e. The topological polar surface area (TPSA) is 86.2 Å². The molecule has 0 aliphatic heterocycles. The van der Waals surface area contributed by atoms with Gasteiger partial charge in [-0.3, -0.25) is 9.59 Å². The molecule has 0 bridgehead atoms. The van der Waals surface area contributed by atoms with Crippen molar-refractivity contribution in [1.29, 1.82) is 0 Å². The molecule has 4 rings (SSSR count). The van der Waals surface area contributed by atoms with Gasteiger partial charge in [-0.1, -0.05) is 32.6 Å². The minimum atomic E-state index is -0.330. The molecule has 0 amide bonds. The molecule has 26 heavy (non-hydrogen) atoms. The van der Waals surface area contributed by atoms with Crippen molar-refractivity contribution in [3.8, 4) is 0 Å². The smallest absolute Gasteiger partial charge is 0.142 e. The Morgan fingerprint density at radius 1 is 0.846 bits per heavy atom. The maximum atomic E-state index is 13.3. The van der Waals surface area contributed by atoms with Gasteiger partial charge < -0.3 is 11.5 Å². The van der Waals surface area contributed by atoms with Gasteiger partial charge in [0.2, 0.25) is 0 Å². The van der Waals surface area contributed by atoms with Crippen LogP contribution in [0.2, 0.25) is 0 Å². The van der Waals surface area contributed by atoms with Crippen molar-refractivity contribution < 1.29 is 9.59 Å². The summed E-state index contributed by atoms with van der Waals surface area (Å²) in [6.07, 6.45) is 9.78. The Morgan fingerprint density at radius 3 is 2.15 bits per heavy atom. The van der Waals surface area contributed by atoms with Gasteiger partial charge in [-0.05, 0) is 38.0 Å². The third-order valence-electron chi connectivity index (χ3n) is 7.61. The Kier molecular flexibility index (Phi) is 5.51. The predicted octanol–water partition coefficient (Wildman–Crippen LogP) is 2.92. The highest BCUT2D eigenvalue weighted by atomic mass is 32.2. The molecule has 4 fully saturated rings. The zero-order chi connectivity index (χ0) is 18.4. The predicted molar refractivity (Wildman–Crippen MR) is 106 cm³/mol. The van der Waals surface area contributed by atoms with E-state index in [2.05, 4.69) is 6.92 Å². The van der Waals surface area contributed by atoms with Crippen LogP contribution >= 0.6 is 11.8 Å². The van der Waals surface area contributed by atoms with E-state index in [-0.39, 0.29) is 52.6 Å². The normalized spacial score (nSPS) is 49.4. The van der Waals surface area contributed by atoms with Crippen molar-refractivity contribution >= 4 is 23.3 Å².